The van der Waals surface area contributed by atoms with Crippen LogP contribution >= 0.6 is 12.4 Å². The Kier molecular flexibility index (Phi) is 8.14. The number of benzene rings is 2. The lowest BCUT2D eigenvalue weighted by Crippen LogP contribution is -2.34. The summed E-state index contributed by atoms with van der Waals surface area (Å²) in [6.45, 7) is 4.36. The van der Waals surface area contributed by atoms with Gasteiger partial charge in [0.05, 0.1) is 0 Å². The van der Waals surface area contributed by atoms with E-state index in [0.717, 1.165) is 30.8 Å². The standard InChI is InChI=1S/C22H28N2O.ClH/c1-17(20-11-7-13-23-16-20)14-22(25)24-21-12-6-5-10-19(21)15-18-8-3-2-4-9-18;/h2-6,8-10,12,17,20,23H,7,11,13-16H2,1H3,(H,24,25);1H. The van der Waals surface area contributed by atoms with Crippen molar-refractivity contribution >= 4 is 24.0 Å². The molecule has 0 saturated carbocycles. The van der Waals surface area contributed by atoms with Gasteiger partial charge in [-0.1, -0.05) is 55.5 Å². The zero-order chi connectivity index (χ0) is 17.5. The summed E-state index contributed by atoms with van der Waals surface area (Å²) in [4.78, 5) is 12.5. The predicted molar refractivity (Wildman–Crippen MR) is 111 cm³/mol. The number of para-hydroxylation sites is 1. The molecule has 0 spiro atoms. The van der Waals surface area contributed by atoms with Crippen molar-refractivity contribution in [2.24, 2.45) is 11.8 Å². The fourth-order valence-electron chi connectivity index (χ4n) is 3.64. The van der Waals surface area contributed by atoms with Gasteiger partial charge in [-0.15, -0.1) is 12.4 Å². The summed E-state index contributed by atoms with van der Waals surface area (Å²) in [5.41, 5.74) is 3.35. The Bertz CT molecular complexity index is 684. The normalized spacial score (nSPS) is 17.8. The largest absolute Gasteiger partial charge is 0.326 e. The average molecular weight is 373 g/mol. The van der Waals surface area contributed by atoms with E-state index in [1.165, 1.54) is 18.4 Å². The Hall–Kier alpha value is -1.84. The monoisotopic (exact) mass is 372 g/mol. The fraction of sp³-hybridized carbons (Fsp3) is 0.409. The van der Waals surface area contributed by atoms with Crippen molar-refractivity contribution in [1.29, 1.82) is 0 Å². The van der Waals surface area contributed by atoms with Crippen LogP contribution in [-0.2, 0) is 11.2 Å². The van der Waals surface area contributed by atoms with Crippen molar-refractivity contribution in [3.8, 4) is 0 Å². The summed E-state index contributed by atoms with van der Waals surface area (Å²) >= 11 is 0. The lowest BCUT2D eigenvalue weighted by molar-refractivity contribution is -0.117. The highest BCUT2D eigenvalue weighted by Crippen LogP contribution is 2.24. The number of anilines is 1. The van der Waals surface area contributed by atoms with Gasteiger partial charge in [-0.05, 0) is 61.4 Å². The first-order valence-electron chi connectivity index (χ1n) is 9.35. The molecule has 2 N–H and O–H groups in total. The molecule has 2 atom stereocenters. The summed E-state index contributed by atoms with van der Waals surface area (Å²) in [5.74, 6) is 1.15. The topological polar surface area (TPSA) is 41.1 Å². The minimum absolute atomic E-state index is 0. The second-order valence-electron chi connectivity index (χ2n) is 7.16. The lowest BCUT2D eigenvalue weighted by atomic mass is 9.85. The summed E-state index contributed by atoms with van der Waals surface area (Å²) in [6, 6.07) is 18.5. The number of hydrogen-bond acceptors (Lipinski definition) is 2. The molecule has 0 bridgehead atoms. The van der Waals surface area contributed by atoms with Crippen LogP contribution in [0.3, 0.4) is 0 Å². The molecule has 2 aromatic carbocycles. The number of rotatable bonds is 6. The average Bonchev–Trinajstić information content (AvgIpc) is 2.65. The zero-order valence-corrected chi connectivity index (χ0v) is 16.2. The van der Waals surface area contributed by atoms with Gasteiger partial charge in [-0.2, -0.15) is 0 Å². The molecule has 3 rings (SSSR count). The van der Waals surface area contributed by atoms with Crippen LogP contribution in [-0.4, -0.2) is 19.0 Å². The molecular formula is C22H29ClN2O. The molecule has 1 amide bonds. The minimum atomic E-state index is 0. The van der Waals surface area contributed by atoms with Crippen LogP contribution in [0.2, 0.25) is 0 Å². The summed E-state index contributed by atoms with van der Waals surface area (Å²) in [6.07, 6.45) is 3.87. The maximum atomic E-state index is 12.5. The first-order valence-corrected chi connectivity index (χ1v) is 9.35. The minimum Gasteiger partial charge on any atom is -0.326 e. The molecule has 0 aromatic heterocycles. The van der Waals surface area contributed by atoms with Gasteiger partial charge in [0.2, 0.25) is 5.91 Å². The number of piperidine rings is 1. The molecule has 26 heavy (non-hydrogen) atoms. The van der Waals surface area contributed by atoms with E-state index in [9.17, 15) is 4.79 Å². The molecule has 3 nitrogen and oxygen atoms in total. The lowest BCUT2D eigenvalue weighted by Gasteiger charge is -2.28. The summed E-state index contributed by atoms with van der Waals surface area (Å²) in [5, 5.41) is 6.58. The molecule has 0 aliphatic carbocycles. The van der Waals surface area contributed by atoms with Gasteiger partial charge in [-0.3, -0.25) is 4.79 Å². The maximum Gasteiger partial charge on any atom is 0.224 e. The number of carbonyl (C=O) groups excluding carboxylic acids is 1. The number of nitrogens with one attached hydrogen (secondary N) is 2. The van der Waals surface area contributed by atoms with E-state index in [4.69, 9.17) is 0 Å². The highest BCUT2D eigenvalue weighted by atomic mass is 35.5. The fourth-order valence-corrected chi connectivity index (χ4v) is 3.64. The molecule has 4 heteroatoms. The molecule has 1 fully saturated rings. The SMILES string of the molecule is CC(CC(=O)Nc1ccccc1Cc1ccccc1)C1CCCNC1.Cl. The maximum absolute atomic E-state index is 12.5. The first kappa shape index (κ1) is 20.5. The van der Waals surface area contributed by atoms with E-state index in [0.29, 0.717) is 18.3 Å². The van der Waals surface area contributed by atoms with E-state index in [1.54, 1.807) is 0 Å². The van der Waals surface area contributed by atoms with Crippen LogP contribution in [0.5, 0.6) is 0 Å². The number of halogens is 1. The molecular weight excluding hydrogens is 344 g/mol. The molecule has 1 saturated heterocycles. The molecule has 2 unspecified atom stereocenters. The molecule has 2 aromatic rings. The van der Waals surface area contributed by atoms with E-state index in [1.807, 2.05) is 24.3 Å². The molecule has 140 valence electrons. The van der Waals surface area contributed by atoms with Crippen molar-refractivity contribution < 1.29 is 4.79 Å². The van der Waals surface area contributed by atoms with E-state index < -0.39 is 0 Å². The number of carbonyl (C=O) groups is 1. The highest BCUT2D eigenvalue weighted by Gasteiger charge is 2.22. The van der Waals surface area contributed by atoms with Gasteiger partial charge in [0, 0.05) is 12.1 Å². The van der Waals surface area contributed by atoms with Crippen molar-refractivity contribution in [2.45, 2.75) is 32.6 Å². The van der Waals surface area contributed by atoms with Crippen LogP contribution < -0.4 is 10.6 Å². The van der Waals surface area contributed by atoms with E-state index in [-0.39, 0.29) is 18.3 Å². The summed E-state index contributed by atoms with van der Waals surface area (Å²) in [7, 11) is 0. The number of hydrogen-bond donors (Lipinski definition) is 2. The van der Waals surface area contributed by atoms with E-state index in [2.05, 4.69) is 47.9 Å². The van der Waals surface area contributed by atoms with Crippen LogP contribution in [0.1, 0.15) is 37.3 Å². The second kappa shape index (κ2) is 10.3. The first-order chi connectivity index (χ1) is 12.2. The molecule has 0 radical (unpaired) electrons. The van der Waals surface area contributed by atoms with Gasteiger partial charge in [-0.25, -0.2) is 0 Å². The van der Waals surface area contributed by atoms with Crippen molar-refractivity contribution in [3.63, 3.8) is 0 Å². The summed E-state index contributed by atoms with van der Waals surface area (Å²) < 4.78 is 0. The zero-order valence-electron chi connectivity index (χ0n) is 15.4. The highest BCUT2D eigenvalue weighted by molar-refractivity contribution is 5.91. The van der Waals surface area contributed by atoms with Crippen LogP contribution in [0.4, 0.5) is 5.69 Å². The third kappa shape index (κ3) is 5.86. The Morgan fingerprint density at radius 1 is 1.15 bits per heavy atom. The predicted octanol–water partition coefficient (Wildman–Crippen LogP) is 4.66. The third-order valence-electron chi connectivity index (χ3n) is 5.18. The van der Waals surface area contributed by atoms with Gasteiger partial charge in [0.15, 0.2) is 0 Å². The van der Waals surface area contributed by atoms with Crippen LogP contribution in [0.25, 0.3) is 0 Å². The van der Waals surface area contributed by atoms with E-state index >= 15 is 0 Å². The molecule has 1 aliphatic heterocycles. The van der Waals surface area contributed by atoms with Gasteiger partial charge in [0.25, 0.3) is 0 Å². The smallest absolute Gasteiger partial charge is 0.224 e. The van der Waals surface area contributed by atoms with Gasteiger partial charge < -0.3 is 10.6 Å². The Morgan fingerprint density at radius 3 is 2.62 bits per heavy atom. The van der Waals surface area contributed by atoms with Crippen molar-refractivity contribution in [3.05, 3.63) is 65.7 Å². The Balaban J connectivity index is 0.00000243. The van der Waals surface area contributed by atoms with Crippen molar-refractivity contribution in [2.75, 3.05) is 18.4 Å². The molecule has 1 aliphatic rings. The third-order valence-corrected chi connectivity index (χ3v) is 5.18. The quantitative estimate of drug-likeness (QED) is 0.774. The second-order valence-corrected chi connectivity index (χ2v) is 7.16. The Labute approximate surface area is 163 Å². The number of amides is 1. The van der Waals surface area contributed by atoms with Gasteiger partial charge in [0.1, 0.15) is 0 Å². The van der Waals surface area contributed by atoms with Crippen molar-refractivity contribution in [1.82, 2.24) is 5.32 Å². The van der Waals surface area contributed by atoms with Crippen LogP contribution in [0.15, 0.2) is 54.6 Å². The Morgan fingerprint density at radius 2 is 1.88 bits per heavy atom. The molecule has 1 heterocycles. The van der Waals surface area contributed by atoms with Crippen LogP contribution in [0, 0.1) is 11.8 Å². The van der Waals surface area contributed by atoms with Gasteiger partial charge >= 0.3 is 0 Å².